The number of rotatable bonds is 9. The summed E-state index contributed by atoms with van der Waals surface area (Å²) in [6, 6.07) is 15.0. The predicted octanol–water partition coefficient (Wildman–Crippen LogP) is 3.87. The van der Waals surface area contributed by atoms with Gasteiger partial charge < -0.3 is 20.1 Å². The SMILES string of the molecule is CN=C(NCc1cccc(OCCOC)c1)NCC1(c2ccccc2F)CC1.I. The minimum Gasteiger partial charge on any atom is -0.491 e. The third-order valence-corrected chi connectivity index (χ3v) is 5.03. The summed E-state index contributed by atoms with van der Waals surface area (Å²) in [7, 11) is 3.39. The Morgan fingerprint density at radius 1 is 1.10 bits per heavy atom. The molecule has 0 spiro atoms. The zero-order chi connectivity index (χ0) is 19.8. The first-order chi connectivity index (χ1) is 13.7. The predicted molar refractivity (Wildman–Crippen MR) is 125 cm³/mol. The molecule has 0 aromatic heterocycles. The molecule has 0 aliphatic heterocycles. The molecule has 0 amide bonds. The Bertz CT molecular complexity index is 812. The van der Waals surface area contributed by atoms with Crippen LogP contribution in [0.4, 0.5) is 4.39 Å². The van der Waals surface area contributed by atoms with E-state index in [9.17, 15) is 4.39 Å². The number of methoxy groups -OCH3 is 1. The van der Waals surface area contributed by atoms with Crippen molar-refractivity contribution in [1.82, 2.24) is 10.6 Å². The third-order valence-electron chi connectivity index (χ3n) is 5.03. The van der Waals surface area contributed by atoms with Gasteiger partial charge in [0.15, 0.2) is 5.96 Å². The van der Waals surface area contributed by atoms with E-state index < -0.39 is 0 Å². The Kier molecular flexibility index (Phi) is 9.16. The molecule has 158 valence electrons. The number of ether oxygens (including phenoxy) is 2. The lowest BCUT2D eigenvalue weighted by Gasteiger charge is -2.19. The van der Waals surface area contributed by atoms with Gasteiger partial charge in [-0.2, -0.15) is 0 Å². The maximum absolute atomic E-state index is 14.2. The number of benzene rings is 2. The van der Waals surface area contributed by atoms with Crippen LogP contribution in [-0.2, 0) is 16.7 Å². The molecule has 0 bridgehead atoms. The van der Waals surface area contributed by atoms with E-state index in [0.29, 0.717) is 32.3 Å². The second-order valence-corrected chi connectivity index (χ2v) is 7.03. The van der Waals surface area contributed by atoms with Gasteiger partial charge in [-0.15, -0.1) is 24.0 Å². The van der Waals surface area contributed by atoms with Crippen molar-refractivity contribution in [3.05, 3.63) is 65.5 Å². The van der Waals surface area contributed by atoms with Gasteiger partial charge in [-0.05, 0) is 42.2 Å². The molecule has 2 aromatic carbocycles. The molecular formula is C22H29FIN3O2. The molecule has 5 nitrogen and oxygen atoms in total. The summed E-state index contributed by atoms with van der Waals surface area (Å²) in [4.78, 5) is 4.29. The Morgan fingerprint density at radius 3 is 2.59 bits per heavy atom. The van der Waals surface area contributed by atoms with Crippen molar-refractivity contribution in [3.8, 4) is 5.75 Å². The van der Waals surface area contributed by atoms with E-state index in [0.717, 1.165) is 29.7 Å². The summed E-state index contributed by atoms with van der Waals surface area (Å²) in [6.45, 7) is 2.36. The average molecular weight is 513 g/mol. The Labute approximate surface area is 189 Å². The monoisotopic (exact) mass is 513 g/mol. The van der Waals surface area contributed by atoms with Crippen LogP contribution in [0.1, 0.15) is 24.0 Å². The maximum Gasteiger partial charge on any atom is 0.191 e. The fourth-order valence-electron chi connectivity index (χ4n) is 3.23. The Morgan fingerprint density at radius 2 is 1.90 bits per heavy atom. The molecule has 0 heterocycles. The summed E-state index contributed by atoms with van der Waals surface area (Å²) < 4.78 is 24.8. The molecule has 1 saturated carbocycles. The van der Waals surface area contributed by atoms with Crippen molar-refractivity contribution in [3.63, 3.8) is 0 Å². The summed E-state index contributed by atoms with van der Waals surface area (Å²) in [5.41, 5.74) is 1.75. The molecule has 2 N–H and O–H groups in total. The molecule has 3 rings (SSSR count). The first-order valence-electron chi connectivity index (χ1n) is 9.57. The van der Waals surface area contributed by atoms with Crippen molar-refractivity contribution in [2.24, 2.45) is 4.99 Å². The van der Waals surface area contributed by atoms with Crippen LogP contribution in [0.25, 0.3) is 0 Å². The minimum atomic E-state index is -0.130. The van der Waals surface area contributed by atoms with Crippen molar-refractivity contribution < 1.29 is 13.9 Å². The molecule has 1 aliphatic rings. The van der Waals surface area contributed by atoms with E-state index in [2.05, 4.69) is 15.6 Å². The summed E-state index contributed by atoms with van der Waals surface area (Å²) in [5.74, 6) is 1.39. The molecule has 0 saturated heterocycles. The molecule has 0 unspecified atom stereocenters. The van der Waals surface area contributed by atoms with Gasteiger partial charge in [0.25, 0.3) is 0 Å². The van der Waals surface area contributed by atoms with Crippen molar-refractivity contribution in [2.45, 2.75) is 24.8 Å². The van der Waals surface area contributed by atoms with Gasteiger partial charge in [0.1, 0.15) is 18.2 Å². The van der Waals surface area contributed by atoms with Gasteiger partial charge in [0.05, 0.1) is 6.61 Å². The molecule has 29 heavy (non-hydrogen) atoms. The van der Waals surface area contributed by atoms with Gasteiger partial charge in [-0.3, -0.25) is 4.99 Å². The number of aliphatic imine (C=N–C) groups is 1. The number of hydrogen-bond donors (Lipinski definition) is 2. The van der Waals surface area contributed by atoms with Crippen LogP contribution in [0.2, 0.25) is 0 Å². The quantitative estimate of drug-likeness (QED) is 0.232. The summed E-state index contributed by atoms with van der Waals surface area (Å²) in [5, 5.41) is 6.66. The molecule has 0 radical (unpaired) electrons. The molecule has 2 aromatic rings. The Hall–Kier alpha value is -1.87. The number of nitrogens with zero attached hydrogens (tertiary/aromatic N) is 1. The molecule has 7 heteroatoms. The number of nitrogens with one attached hydrogen (secondary N) is 2. The van der Waals surface area contributed by atoms with E-state index >= 15 is 0 Å². The van der Waals surface area contributed by atoms with Gasteiger partial charge >= 0.3 is 0 Å². The molecule has 1 fully saturated rings. The summed E-state index contributed by atoms with van der Waals surface area (Å²) in [6.07, 6.45) is 1.97. The zero-order valence-corrected chi connectivity index (χ0v) is 19.2. The lowest BCUT2D eigenvalue weighted by Crippen LogP contribution is -2.41. The van der Waals surface area contributed by atoms with Crippen molar-refractivity contribution in [1.29, 1.82) is 0 Å². The normalized spacial score (nSPS) is 14.7. The highest BCUT2D eigenvalue weighted by Crippen LogP contribution is 2.48. The molecular weight excluding hydrogens is 484 g/mol. The second-order valence-electron chi connectivity index (χ2n) is 7.03. The van der Waals surface area contributed by atoms with E-state index in [1.807, 2.05) is 36.4 Å². The van der Waals surface area contributed by atoms with Gasteiger partial charge in [0, 0.05) is 32.7 Å². The highest BCUT2D eigenvalue weighted by molar-refractivity contribution is 14.0. The third kappa shape index (κ3) is 6.57. The Balaban J connectivity index is 0.00000300. The smallest absolute Gasteiger partial charge is 0.191 e. The number of halogens is 2. The fourth-order valence-corrected chi connectivity index (χ4v) is 3.23. The van der Waals surface area contributed by atoms with E-state index in [-0.39, 0.29) is 35.2 Å². The largest absolute Gasteiger partial charge is 0.491 e. The van der Waals surface area contributed by atoms with Crippen LogP contribution in [-0.4, -0.2) is 39.9 Å². The topological polar surface area (TPSA) is 54.9 Å². The minimum absolute atomic E-state index is 0. The lowest BCUT2D eigenvalue weighted by molar-refractivity contribution is 0.146. The highest BCUT2D eigenvalue weighted by atomic mass is 127. The first-order valence-corrected chi connectivity index (χ1v) is 9.57. The summed E-state index contributed by atoms with van der Waals surface area (Å²) >= 11 is 0. The van der Waals surface area contributed by atoms with Crippen LogP contribution < -0.4 is 15.4 Å². The van der Waals surface area contributed by atoms with Gasteiger partial charge in [0.2, 0.25) is 0 Å². The van der Waals surface area contributed by atoms with Gasteiger partial charge in [-0.25, -0.2) is 4.39 Å². The van der Waals surface area contributed by atoms with Crippen molar-refractivity contribution in [2.75, 3.05) is 33.9 Å². The second kappa shape index (κ2) is 11.3. The fraction of sp³-hybridized carbons (Fsp3) is 0.409. The van der Waals surface area contributed by atoms with Crippen LogP contribution >= 0.6 is 24.0 Å². The van der Waals surface area contributed by atoms with Crippen LogP contribution in [0.3, 0.4) is 0 Å². The van der Waals surface area contributed by atoms with Crippen LogP contribution in [0.5, 0.6) is 5.75 Å². The van der Waals surface area contributed by atoms with E-state index in [1.54, 1.807) is 20.2 Å². The van der Waals surface area contributed by atoms with Crippen LogP contribution in [0.15, 0.2) is 53.5 Å². The zero-order valence-electron chi connectivity index (χ0n) is 16.9. The maximum atomic E-state index is 14.2. The van der Waals surface area contributed by atoms with Gasteiger partial charge in [-0.1, -0.05) is 30.3 Å². The lowest BCUT2D eigenvalue weighted by atomic mass is 9.95. The number of guanidine groups is 1. The highest BCUT2D eigenvalue weighted by Gasteiger charge is 2.45. The molecule has 0 atom stereocenters. The number of hydrogen-bond acceptors (Lipinski definition) is 3. The standard InChI is InChI=1S/C22H28FN3O2.HI/c1-24-21(25-15-17-6-5-7-18(14-17)28-13-12-27-2)26-16-22(10-11-22)19-8-3-4-9-20(19)23;/h3-9,14H,10-13,15-16H2,1-2H3,(H2,24,25,26);1H. The first kappa shape index (κ1) is 23.4. The van der Waals surface area contributed by atoms with E-state index in [1.165, 1.54) is 6.07 Å². The van der Waals surface area contributed by atoms with Crippen molar-refractivity contribution >= 4 is 29.9 Å². The molecule has 1 aliphatic carbocycles. The average Bonchev–Trinajstić information content (AvgIpc) is 3.50. The van der Waals surface area contributed by atoms with Crippen LogP contribution in [0, 0.1) is 5.82 Å². The van der Waals surface area contributed by atoms with E-state index in [4.69, 9.17) is 9.47 Å².